The monoisotopic (exact) mass is 329 g/mol. The highest BCUT2D eigenvalue weighted by atomic mass is 79.9. The number of carboxylic acids is 1. The van der Waals surface area contributed by atoms with E-state index in [0.717, 1.165) is 6.42 Å². The van der Waals surface area contributed by atoms with E-state index in [2.05, 4.69) is 21.2 Å². The van der Waals surface area contributed by atoms with Crippen molar-refractivity contribution in [2.75, 3.05) is 0 Å². The number of aliphatic carboxylic acids is 1. The molecule has 0 saturated heterocycles. The van der Waals surface area contributed by atoms with E-state index >= 15 is 0 Å². The third kappa shape index (κ3) is 2.94. The first-order chi connectivity index (χ1) is 9.00. The molecule has 2 atom stereocenters. The number of benzene rings is 1. The molecule has 0 radical (unpaired) electrons. The Labute approximate surface area is 118 Å². The summed E-state index contributed by atoms with van der Waals surface area (Å²) in [6, 6.07) is 3.79. The molecule has 1 aromatic carbocycles. The van der Waals surface area contributed by atoms with E-state index in [1.165, 1.54) is 18.2 Å². The van der Waals surface area contributed by atoms with Gasteiger partial charge in [0.15, 0.2) is 0 Å². The number of nitrogens with one attached hydrogen (secondary N) is 1. The first-order valence-corrected chi connectivity index (χ1v) is 6.77. The molecule has 4 nitrogen and oxygen atoms in total. The topological polar surface area (TPSA) is 66.4 Å². The lowest BCUT2D eigenvalue weighted by Gasteiger charge is -2.18. The van der Waals surface area contributed by atoms with Gasteiger partial charge < -0.3 is 10.4 Å². The minimum atomic E-state index is -0.902. The molecule has 1 aromatic rings. The zero-order valence-electron chi connectivity index (χ0n) is 10.0. The van der Waals surface area contributed by atoms with Crippen LogP contribution < -0.4 is 5.32 Å². The second kappa shape index (κ2) is 5.69. The maximum atomic E-state index is 13.3. The minimum absolute atomic E-state index is 0.0948. The fourth-order valence-corrected chi connectivity index (χ4v) is 2.80. The third-order valence-electron chi connectivity index (χ3n) is 3.35. The summed E-state index contributed by atoms with van der Waals surface area (Å²) >= 11 is 3.02. The standard InChI is InChI=1S/C13H13BrFNO3/c14-11-8(4-1-5-9(11)15)12(17)16-10-6-2-3-7(10)13(18)19/h1,4-5,7,10H,2-3,6H2,(H,16,17)(H,18,19). The molecule has 0 heterocycles. The van der Waals surface area contributed by atoms with Crippen molar-refractivity contribution in [3.63, 3.8) is 0 Å². The summed E-state index contributed by atoms with van der Waals surface area (Å²) in [7, 11) is 0. The Hall–Kier alpha value is -1.43. The number of halogens is 2. The van der Waals surface area contributed by atoms with Crippen LogP contribution in [-0.4, -0.2) is 23.0 Å². The Balaban J connectivity index is 2.13. The van der Waals surface area contributed by atoms with Crippen molar-refractivity contribution in [1.82, 2.24) is 5.32 Å². The fourth-order valence-electron chi connectivity index (χ4n) is 2.35. The molecule has 0 aromatic heterocycles. The molecule has 0 bridgehead atoms. The molecule has 0 spiro atoms. The summed E-state index contributed by atoms with van der Waals surface area (Å²) in [5.74, 6) is -2.43. The molecular weight excluding hydrogens is 317 g/mol. The normalized spacial score (nSPS) is 22.2. The lowest BCUT2D eigenvalue weighted by Crippen LogP contribution is -2.40. The average Bonchev–Trinajstić information content (AvgIpc) is 2.80. The Morgan fingerprint density at radius 3 is 2.79 bits per heavy atom. The number of carboxylic acid groups (broad SMARTS) is 1. The predicted octanol–water partition coefficient (Wildman–Crippen LogP) is 2.57. The zero-order chi connectivity index (χ0) is 14.0. The van der Waals surface area contributed by atoms with Gasteiger partial charge in [0.2, 0.25) is 0 Å². The summed E-state index contributed by atoms with van der Waals surface area (Å²) in [4.78, 5) is 23.1. The Bertz CT molecular complexity index is 521. The van der Waals surface area contributed by atoms with Crippen molar-refractivity contribution >= 4 is 27.8 Å². The molecule has 102 valence electrons. The quantitative estimate of drug-likeness (QED) is 0.895. The van der Waals surface area contributed by atoms with Gasteiger partial charge in [0.1, 0.15) is 5.82 Å². The van der Waals surface area contributed by atoms with E-state index in [4.69, 9.17) is 5.11 Å². The van der Waals surface area contributed by atoms with Gasteiger partial charge in [0.05, 0.1) is 16.0 Å². The highest BCUT2D eigenvalue weighted by molar-refractivity contribution is 9.10. The molecule has 2 rings (SSSR count). The molecule has 1 saturated carbocycles. The lowest BCUT2D eigenvalue weighted by molar-refractivity contribution is -0.142. The van der Waals surface area contributed by atoms with Gasteiger partial charge in [0.25, 0.3) is 5.91 Å². The predicted molar refractivity (Wildman–Crippen MR) is 70.3 cm³/mol. The second-order valence-corrected chi connectivity index (χ2v) is 5.35. The minimum Gasteiger partial charge on any atom is -0.481 e. The Morgan fingerprint density at radius 1 is 1.37 bits per heavy atom. The lowest BCUT2D eigenvalue weighted by atomic mass is 10.0. The van der Waals surface area contributed by atoms with E-state index in [0.29, 0.717) is 12.8 Å². The number of rotatable bonds is 3. The first-order valence-electron chi connectivity index (χ1n) is 5.98. The van der Waals surface area contributed by atoms with Crippen molar-refractivity contribution in [1.29, 1.82) is 0 Å². The van der Waals surface area contributed by atoms with E-state index in [1.54, 1.807) is 0 Å². The van der Waals surface area contributed by atoms with Gasteiger partial charge in [-0.05, 0) is 40.9 Å². The zero-order valence-corrected chi connectivity index (χ0v) is 11.6. The number of amides is 1. The number of hydrogen-bond acceptors (Lipinski definition) is 2. The summed E-state index contributed by atoms with van der Waals surface area (Å²) in [5, 5.41) is 11.7. The van der Waals surface area contributed by atoms with Crippen LogP contribution in [0.4, 0.5) is 4.39 Å². The fraction of sp³-hybridized carbons (Fsp3) is 0.385. The molecule has 1 fully saturated rings. The Kier molecular flexibility index (Phi) is 4.19. The number of hydrogen-bond donors (Lipinski definition) is 2. The molecule has 2 unspecified atom stereocenters. The smallest absolute Gasteiger partial charge is 0.308 e. The second-order valence-electron chi connectivity index (χ2n) is 4.56. The number of carbonyl (C=O) groups excluding carboxylic acids is 1. The van der Waals surface area contributed by atoms with Crippen LogP contribution >= 0.6 is 15.9 Å². The van der Waals surface area contributed by atoms with E-state index in [9.17, 15) is 14.0 Å². The van der Waals surface area contributed by atoms with Gasteiger partial charge in [-0.1, -0.05) is 12.5 Å². The van der Waals surface area contributed by atoms with Crippen LogP contribution in [0.2, 0.25) is 0 Å². The van der Waals surface area contributed by atoms with Gasteiger partial charge in [-0.2, -0.15) is 0 Å². The van der Waals surface area contributed by atoms with Gasteiger partial charge >= 0.3 is 5.97 Å². The van der Waals surface area contributed by atoms with Crippen molar-refractivity contribution in [2.45, 2.75) is 25.3 Å². The molecule has 19 heavy (non-hydrogen) atoms. The van der Waals surface area contributed by atoms with E-state index in [1.807, 2.05) is 0 Å². The van der Waals surface area contributed by atoms with Gasteiger partial charge in [0, 0.05) is 6.04 Å². The van der Waals surface area contributed by atoms with Crippen LogP contribution in [-0.2, 0) is 4.79 Å². The maximum Gasteiger partial charge on any atom is 0.308 e. The van der Waals surface area contributed by atoms with Gasteiger partial charge in [-0.15, -0.1) is 0 Å². The van der Waals surface area contributed by atoms with Gasteiger partial charge in [-0.25, -0.2) is 4.39 Å². The molecular formula is C13H13BrFNO3. The van der Waals surface area contributed by atoms with Crippen molar-refractivity contribution in [3.05, 3.63) is 34.1 Å². The molecule has 1 amide bonds. The third-order valence-corrected chi connectivity index (χ3v) is 4.15. The van der Waals surface area contributed by atoms with Gasteiger partial charge in [-0.3, -0.25) is 9.59 Å². The Morgan fingerprint density at radius 2 is 2.11 bits per heavy atom. The number of carbonyl (C=O) groups is 2. The molecule has 0 aliphatic heterocycles. The highest BCUT2D eigenvalue weighted by Gasteiger charge is 2.34. The van der Waals surface area contributed by atoms with Crippen LogP contribution in [0.15, 0.2) is 22.7 Å². The SMILES string of the molecule is O=C(NC1CCCC1C(=O)O)c1cccc(F)c1Br. The van der Waals surface area contributed by atoms with E-state index in [-0.39, 0.29) is 16.1 Å². The van der Waals surface area contributed by atoms with Crippen LogP contribution in [0.3, 0.4) is 0 Å². The van der Waals surface area contributed by atoms with Crippen LogP contribution in [0.25, 0.3) is 0 Å². The van der Waals surface area contributed by atoms with Crippen LogP contribution in [0.5, 0.6) is 0 Å². The summed E-state index contributed by atoms with van der Waals surface area (Å²) in [6.07, 6.45) is 1.96. The van der Waals surface area contributed by atoms with Crippen molar-refractivity contribution in [2.24, 2.45) is 5.92 Å². The summed E-state index contributed by atoms with van der Waals surface area (Å²) < 4.78 is 13.4. The maximum absolute atomic E-state index is 13.3. The highest BCUT2D eigenvalue weighted by Crippen LogP contribution is 2.27. The van der Waals surface area contributed by atoms with E-state index < -0.39 is 23.6 Å². The van der Waals surface area contributed by atoms with Crippen molar-refractivity contribution < 1.29 is 19.1 Å². The average molecular weight is 330 g/mol. The molecule has 1 aliphatic carbocycles. The molecule has 1 aliphatic rings. The molecule has 6 heteroatoms. The summed E-state index contributed by atoms with van der Waals surface area (Å²) in [6.45, 7) is 0. The largest absolute Gasteiger partial charge is 0.481 e. The van der Waals surface area contributed by atoms with Crippen LogP contribution in [0, 0.1) is 11.7 Å². The first kappa shape index (κ1) is 14.0. The van der Waals surface area contributed by atoms with Crippen molar-refractivity contribution in [3.8, 4) is 0 Å². The summed E-state index contributed by atoms with van der Waals surface area (Å²) in [5.41, 5.74) is 0.177. The van der Waals surface area contributed by atoms with Crippen LogP contribution in [0.1, 0.15) is 29.6 Å². The molecule has 2 N–H and O–H groups in total.